The maximum absolute atomic E-state index is 11.9. The lowest BCUT2D eigenvalue weighted by molar-refractivity contribution is 0.589. The Kier molecular flexibility index (Phi) is 3.56. The molecule has 20 heavy (non-hydrogen) atoms. The molecule has 1 fully saturated rings. The third kappa shape index (κ3) is 2.34. The van der Waals surface area contributed by atoms with E-state index in [0.717, 1.165) is 37.1 Å². The van der Waals surface area contributed by atoms with Crippen molar-refractivity contribution in [2.24, 2.45) is 0 Å². The third-order valence-electron chi connectivity index (χ3n) is 3.77. The highest BCUT2D eigenvalue weighted by molar-refractivity contribution is 5.83. The van der Waals surface area contributed by atoms with E-state index in [2.05, 4.69) is 28.9 Å². The van der Waals surface area contributed by atoms with Crippen LogP contribution in [0.5, 0.6) is 0 Å². The van der Waals surface area contributed by atoms with Gasteiger partial charge in [0.2, 0.25) is 0 Å². The summed E-state index contributed by atoms with van der Waals surface area (Å²) in [4.78, 5) is 14.3. The van der Waals surface area contributed by atoms with Crippen molar-refractivity contribution in [3.63, 3.8) is 0 Å². The molecule has 104 valence electrons. The number of allylic oxidation sites excluding steroid dienone is 1. The molecular formula is C16H19N3O. The first-order valence-corrected chi connectivity index (χ1v) is 7.00. The molecule has 2 aromatic rings. The lowest BCUT2D eigenvalue weighted by Gasteiger charge is -2.29. The molecule has 0 amide bonds. The molecule has 0 atom stereocenters. The highest BCUT2D eigenvalue weighted by atomic mass is 16.1. The Labute approximate surface area is 118 Å². The van der Waals surface area contributed by atoms with Gasteiger partial charge in [-0.25, -0.2) is 0 Å². The topological polar surface area (TPSA) is 37.3 Å². The number of rotatable bonds is 3. The molecule has 3 rings (SSSR count). The zero-order chi connectivity index (χ0) is 13.9. The van der Waals surface area contributed by atoms with Crippen molar-refractivity contribution >= 4 is 16.6 Å². The van der Waals surface area contributed by atoms with E-state index in [0.29, 0.717) is 6.54 Å². The van der Waals surface area contributed by atoms with Crippen LogP contribution in [0.25, 0.3) is 10.9 Å². The van der Waals surface area contributed by atoms with Gasteiger partial charge in [-0.2, -0.15) is 0 Å². The van der Waals surface area contributed by atoms with Crippen molar-refractivity contribution in [3.05, 3.63) is 53.3 Å². The lowest BCUT2D eigenvalue weighted by atomic mass is 10.1. The Bertz CT molecular complexity index is 684. The van der Waals surface area contributed by atoms with Crippen molar-refractivity contribution in [1.29, 1.82) is 0 Å². The Balaban J connectivity index is 2.05. The van der Waals surface area contributed by atoms with Gasteiger partial charge >= 0.3 is 0 Å². The highest BCUT2D eigenvalue weighted by Crippen LogP contribution is 2.21. The van der Waals surface area contributed by atoms with Gasteiger partial charge in [0.05, 0.1) is 5.52 Å². The van der Waals surface area contributed by atoms with E-state index >= 15 is 0 Å². The molecule has 1 N–H and O–H groups in total. The first kappa shape index (κ1) is 12.9. The molecule has 1 aromatic carbocycles. The summed E-state index contributed by atoms with van der Waals surface area (Å²) < 4.78 is 1.75. The van der Waals surface area contributed by atoms with Crippen LogP contribution >= 0.6 is 0 Å². The summed E-state index contributed by atoms with van der Waals surface area (Å²) in [5, 5.41) is 4.46. The number of fused-ring (bicyclic) bond motifs is 1. The number of aromatic nitrogens is 1. The second-order valence-corrected chi connectivity index (χ2v) is 5.05. The first-order chi connectivity index (χ1) is 9.79. The number of hydrogen-bond acceptors (Lipinski definition) is 3. The number of hydrogen-bond donors (Lipinski definition) is 1. The zero-order valence-corrected chi connectivity index (χ0v) is 11.5. The number of pyridine rings is 1. The molecule has 1 saturated heterocycles. The van der Waals surface area contributed by atoms with Crippen LogP contribution < -0.4 is 15.8 Å². The van der Waals surface area contributed by atoms with Gasteiger partial charge in [0.15, 0.2) is 0 Å². The van der Waals surface area contributed by atoms with Crippen molar-refractivity contribution < 1.29 is 0 Å². The van der Waals surface area contributed by atoms with Gasteiger partial charge in [-0.1, -0.05) is 6.08 Å². The summed E-state index contributed by atoms with van der Waals surface area (Å²) >= 11 is 0. The number of nitrogens with one attached hydrogen (secondary N) is 1. The SMILES string of the molecule is C=CCn1c(=O)ccc2cc(N3CCNCC3)ccc21. The van der Waals surface area contributed by atoms with Crippen molar-refractivity contribution in [2.75, 3.05) is 31.1 Å². The first-order valence-electron chi connectivity index (χ1n) is 7.00. The molecule has 2 heterocycles. The third-order valence-corrected chi connectivity index (χ3v) is 3.77. The Morgan fingerprint density at radius 1 is 1.20 bits per heavy atom. The van der Waals surface area contributed by atoms with Crippen LogP contribution in [0.15, 0.2) is 47.8 Å². The summed E-state index contributed by atoms with van der Waals surface area (Å²) in [5.41, 5.74) is 2.21. The van der Waals surface area contributed by atoms with E-state index < -0.39 is 0 Å². The zero-order valence-electron chi connectivity index (χ0n) is 11.5. The average Bonchev–Trinajstić information content (AvgIpc) is 2.51. The van der Waals surface area contributed by atoms with E-state index in [4.69, 9.17) is 0 Å². The number of anilines is 1. The largest absolute Gasteiger partial charge is 0.369 e. The van der Waals surface area contributed by atoms with E-state index in [1.54, 1.807) is 16.7 Å². The molecule has 0 aliphatic carbocycles. The molecule has 1 aromatic heterocycles. The van der Waals surface area contributed by atoms with Gasteiger partial charge in [0, 0.05) is 49.9 Å². The van der Waals surface area contributed by atoms with Crippen LogP contribution in [-0.4, -0.2) is 30.7 Å². The van der Waals surface area contributed by atoms with Gasteiger partial charge in [-0.3, -0.25) is 4.79 Å². The summed E-state index contributed by atoms with van der Waals surface area (Å²) in [6.45, 7) is 8.36. The summed E-state index contributed by atoms with van der Waals surface area (Å²) in [6.07, 6.45) is 1.76. The van der Waals surface area contributed by atoms with Crippen molar-refractivity contribution in [3.8, 4) is 0 Å². The molecule has 4 nitrogen and oxygen atoms in total. The molecule has 4 heteroatoms. The average molecular weight is 269 g/mol. The van der Waals surface area contributed by atoms with Gasteiger partial charge in [0.1, 0.15) is 0 Å². The maximum Gasteiger partial charge on any atom is 0.251 e. The number of nitrogens with zero attached hydrogens (tertiary/aromatic N) is 2. The van der Waals surface area contributed by atoms with Gasteiger partial charge < -0.3 is 14.8 Å². The smallest absolute Gasteiger partial charge is 0.251 e. The normalized spacial score (nSPS) is 15.5. The lowest BCUT2D eigenvalue weighted by Crippen LogP contribution is -2.43. The Hall–Kier alpha value is -2.07. The van der Waals surface area contributed by atoms with Crippen LogP contribution in [-0.2, 0) is 6.54 Å². The van der Waals surface area contributed by atoms with Crippen LogP contribution in [0.1, 0.15) is 0 Å². The minimum absolute atomic E-state index is 0.0207. The fourth-order valence-corrected chi connectivity index (χ4v) is 2.73. The highest BCUT2D eigenvalue weighted by Gasteiger charge is 2.11. The molecule has 1 aliphatic rings. The van der Waals surface area contributed by atoms with Gasteiger partial charge in [-0.05, 0) is 24.3 Å². The summed E-state index contributed by atoms with van der Waals surface area (Å²) in [7, 11) is 0. The maximum atomic E-state index is 11.9. The molecule has 0 saturated carbocycles. The fourth-order valence-electron chi connectivity index (χ4n) is 2.73. The Morgan fingerprint density at radius 3 is 2.75 bits per heavy atom. The van der Waals surface area contributed by atoms with Crippen LogP contribution in [0.2, 0.25) is 0 Å². The van der Waals surface area contributed by atoms with E-state index in [-0.39, 0.29) is 5.56 Å². The molecule has 0 bridgehead atoms. The predicted octanol–water partition coefficient (Wildman–Crippen LogP) is 1.60. The van der Waals surface area contributed by atoms with E-state index in [9.17, 15) is 4.79 Å². The summed E-state index contributed by atoms with van der Waals surface area (Å²) in [5.74, 6) is 0. The van der Waals surface area contributed by atoms with E-state index in [1.807, 2.05) is 12.1 Å². The number of piperazine rings is 1. The van der Waals surface area contributed by atoms with Gasteiger partial charge in [0.25, 0.3) is 5.56 Å². The van der Waals surface area contributed by atoms with Crippen molar-refractivity contribution in [2.45, 2.75) is 6.54 Å². The molecule has 0 spiro atoms. The number of benzene rings is 1. The second-order valence-electron chi connectivity index (χ2n) is 5.05. The van der Waals surface area contributed by atoms with Crippen LogP contribution in [0.4, 0.5) is 5.69 Å². The summed E-state index contributed by atoms with van der Waals surface area (Å²) in [6, 6.07) is 9.85. The van der Waals surface area contributed by atoms with Crippen LogP contribution in [0, 0.1) is 0 Å². The quantitative estimate of drug-likeness (QED) is 0.860. The monoisotopic (exact) mass is 269 g/mol. The fraction of sp³-hybridized carbons (Fsp3) is 0.312. The van der Waals surface area contributed by atoms with Crippen LogP contribution in [0.3, 0.4) is 0 Å². The van der Waals surface area contributed by atoms with Crippen molar-refractivity contribution in [1.82, 2.24) is 9.88 Å². The predicted molar refractivity (Wildman–Crippen MR) is 83.5 cm³/mol. The van der Waals surface area contributed by atoms with Gasteiger partial charge in [-0.15, -0.1) is 6.58 Å². The Morgan fingerprint density at radius 2 is 2.00 bits per heavy atom. The molecular weight excluding hydrogens is 250 g/mol. The van der Waals surface area contributed by atoms with E-state index in [1.165, 1.54) is 5.69 Å². The molecule has 1 aliphatic heterocycles. The minimum Gasteiger partial charge on any atom is -0.369 e. The standard InChI is InChI=1S/C16H19N3O/c1-2-9-19-15-5-4-14(18-10-7-17-8-11-18)12-13(15)3-6-16(19)20/h2-6,12,17H,1,7-11H2. The molecule has 0 radical (unpaired) electrons. The second kappa shape index (κ2) is 5.51. The minimum atomic E-state index is 0.0207. The molecule has 0 unspecified atom stereocenters.